The third-order valence-electron chi connectivity index (χ3n) is 0.669. The normalized spacial score (nSPS) is 17.0. The molecule has 0 aliphatic heterocycles. The Morgan fingerprint density at radius 1 is 1.89 bits per heavy atom. The molecule has 1 atom stereocenters. The van der Waals surface area contributed by atoms with E-state index in [0.717, 1.165) is 11.3 Å². The van der Waals surface area contributed by atoms with Crippen molar-refractivity contribution in [3.05, 3.63) is 11.6 Å². The van der Waals surface area contributed by atoms with Gasteiger partial charge in [0.05, 0.1) is 0 Å². The van der Waals surface area contributed by atoms with Crippen molar-refractivity contribution in [2.75, 3.05) is 0 Å². The lowest BCUT2D eigenvalue weighted by molar-refractivity contribution is 0.675. The van der Waals surface area contributed by atoms with Crippen LogP contribution in [0.5, 0.6) is 0 Å². The van der Waals surface area contributed by atoms with Gasteiger partial charge in [0.25, 0.3) is 0 Å². The Hall–Kier alpha value is -0.460. The molecule has 1 aromatic rings. The van der Waals surface area contributed by atoms with Gasteiger partial charge in [-0.15, -0.1) is 11.3 Å². The van der Waals surface area contributed by atoms with Crippen LogP contribution in [0.2, 0.25) is 0 Å². The van der Waals surface area contributed by atoms with E-state index in [4.69, 9.17) is 9.92 Å². The van der Waals surface area contributed by atoms with Gasteiger partial charge in [0.2, 0.25) is 4.34 Å². The smallest absolute Gasteiger partial charge is 0.203 e. The monoisotopic (exact) mass is 163 g/mol. The summed E-state index contributed by atoms with van der Waals surface area (Å²) in [6.07, 6.45) is 1.47. The van der Waals surface area contributed by atoms with Gasteiger partial charge in [0.15, 0.2) is 9.92 Å². The lowest BCUT2D eigenvalue weighted by Crippen LogP contribution is -2.09. The van der Waals surface area contributed by atoms with Gasteiger partial charge in [0.1, 0.15) is 0 Å². The fourth-order valence-corrected chi connectivity index (χ4v) is 1.68. The molecule has 0 amide bonds. The lowest BCUT2D eigenvalue weighted by Gasteiger charge is -1.89. The molecule has 1 unspecified atom stereocenters. The first-order valence-electron chi connectivity index (χ1n) is 2.07. The van der Waals surface area contributed by atoms with E-state index in [-0.39, 0.29) is 4.34 Å². The molecule has 6 heteroatoms. The number of rotatable bonds is 1. The third-order valence-corrected chi connectivity index (χ3v) is 2.89. The van der Waals surface area contributed by atoms with Crippen LogP contribution in [0.15, 0.2) is 15.9 Å². The van der Waals surface area contributed by atoms with Gasteiger partial charge in [-0.3, -0.25) is 0 Å². The molecule has 4 nitrogen and oxygen atoms in total. The minimum Gasteiger partial charge on any atom is -0.239 e. The molecule has 0 radical (unpaired) electrons. The molecule has 3 N–H and O–H groups in total. The zero-order valence-corrected chi connectivity index (χ0v) is 6.04. The molecule has 0 bridgehead atoms. The van der Waals surface area contributed by atoms with E-state index >= 15 is 0 Å². The molecule has 1 aromatic heterocycles. The van der Waals surface area contributed by atoms with E-state index in [1.807, 2.05) is 0 Å². The number of aromatic nitrogens is 1. The van der Waals surface area contributed by atoms with Crippen molar-refractivity contribution in [3.63, 3.8) is 0 Å². The van der Waals surface area contributed by atoms with Crippen LogP contribution in [-0.4, -0.2) is 9.19 Å². The Kier molecular flexibility index (Phi) is 1.52. The summed E-state index contributed by atoms with van der Waals surface area (Å²) in [6, 6.07) is 0. The second-order valence-corrected chi connectivity index (χ2v) is 4.14. The van der Waals surface area contributed by atoms with Crippen LogP contribution in [0.1, 0.15) is 0 Å². The first-order chi connectivity index (χ1) is 4.11. The van der Waals surface area contributed by atoms with Gasteiger partial charge in [0, 0.05) is 11.6 Å². The Labute approximate surface area is 56.8 Å². The number of hydrogen-bond donors (Lipinski definition) is 2. The van der Waals surface area contributed by atoms with E-state index in [2.05, 4.69) is 4.98 Å². The number of nitrogens with two attached hydrogens (primary N) is 1. The predicted octanol–water partition coefficient (Wildman–Crippen LogP) is 0.422. The largest absolute Gasteiger partial charge is 0.239 e. The third kappa shape index (κ3) is 1.47. The highest BCUT2D eigenvalue weighted by atomic mass is 32.2. The number of nitrogens with zero attached hydrogens (tertiary/aromatic N) is 1. The van der Waals surface area contributed by atoms with Crippen LogP contribution in [0.4, 0.5) is 0 Å². The summed E-state index contributed by atoms with van der Waals surface area (Å²) in [5.74, 6) is 0. The number of nitrogens with one attached hydrogen (secondary N) is 1. The van der Waals surface area contributed by atoms with Crippen LogP contribution >= 0.6 is 11.3 Å². The van der Waals surface area contributed by atoms with Crippen molar-refractivity contribution in [2.45, 2.75) is 4.34 Å². The zero-order chi connectivity index (χ0) is 6.91. The van der Waals surface area contributed by atoms with Crippen molar-refractivity contribution < 1.29 is 4.21 Å². The summed E-state index contributed by atoms with van der Waals surface area (Å²) >= 11 is 1.13. The summed E-state index contributed by atoms with van der Waals surface area (Å²) in [5.41, 5.74) is 0. The number of hydrogen-bond acceptors (Lipinski definition) is 4. The predicted molar refractivity (Wildman–Crippen MR) is 35.4 cm³/mol. The van der Waals surface area contributed by atoms with Crippen LogP contribution in [0.25, 0.3) is 0 Å². The first-order valence-corrected chi connectivity index (χ1v) is 4.57. The molecule has 0 saturated heterocycles. The molecule has 0 aliphatic rings. The molecule has 0 aliphatic carbocycles. The maximum absolute atomic E-state index is 10.6. The molecule has 0 fully saturated rings. The van der Waals surface area contributed by atoms with Gasteiger partial charge in [-0.25, -0.2) is 19.1 Å². The minimum atomic E-state index is -3.05. The highest BCUT2D eigenvalue weighted by Crippen LogP contribution is 2.08. The average Bonchev–Trinajstić information content (AvgIpc) is 2.08. The Bertz CT molecular complexity index is 274. The Morgan fingerprint density at radius 3 is 2.78 bits per heavy atom. The van der Waals surface area contributed by atoms with Crippen LogP contribution < -0.4 is 5.14 Å². The summed E-state index contributed by atoms with van der Waals surface area (Å²) in [7, 11) is -3.05. The number of thiazole rings is 1. The molecular formula is C3H5N3OS2. The molecule has 0 aromatic carbocycles. The zero-order valence-electron chi connectivity index (χ0n) is 4.40. The maximum atomic E-state index is 10.6. The standard InChI is InChI=1S/C3H5N3OS2/c4-9(5,7)3-6-1-2-8-3/h1-2H,(H3,4,5,7). The molecular weight excluding hydrogens is 158 g/mol. The SMILES string of the molecule is N=S(N)(=O)c1nccs1. The van der Waals surface area contributed by atoms with Crippen LogP contribution in [-0.2, 0) is 9.92 Å². The highest BCUT2D eigenvalue weighted by molar-refractivity contribution is 7.92. The highest BCUT2D eigenvalue weighted by Gasteiger charge is 2.03. The fourth-order valence-electron chi connectivity index (χ4n) is 0.360. The van der Waals surface area contributed by atoms with Crippen molar-refractivity contribution in [1.82, 2.24) is 4.98 Å². The van der Waals surface area contributed by atoms with E-state index in [9.17, 15) is 4.21 Å². The Morgan fingerprint density at radius 2 is 2.56 bits per heavy atom. The topological polar surface area (TPSA) is 79.8 Å². The van der Waals surface area contributed by atoms with Crippen molar-refractivity contribution in [2.24, 2.45) is 5.14 Å². The molecule has 0 saturated carbocycles. The quantitative estimate of drug-likeness (QED) is 0.629. The molecule has 50 valence electrons. The minimum absolute atomic E-state index is 0.183. The summed E-state index contributed by atoms with van der Waals surface area (Å²) < 4.78 is 17.7. The van der Waals surface area contributed by atoms with Gasteiger partial charge in [-0.05, 0) is 0 Å². The van der Waals surface area contributed by atoms with Gasteiger partial charge in [-0.2, -0.15) is 0 Å². The van der Waals surface area contributed by atoms with Gasteiger partial charge < -0.3 is 0 Å². The molecule has 1 rings (SSSR count). The van der Waals surface area contributed by atoms with Crippen LogP contribution in [0.3, 0.4) is 0 Å². The molecule has 1 heterocycles. The first kappa shape index (κ1) is 6.66. The van der Waals surface area contributed by atoms with Crippen molar-refractivity contribution in [1.29, 1.82) is 4.78 Å². The summed E-state index contributed by atoms with van der Waals surface area (Å²) in [6.45, 7) is 0. The summed E-state index contributed by atoms with van der Waals surface area (Å²) in [5, 5.41) is 6.58. The fraction of sp³-hybridized carbons (Fsp3) is 0. The van der Waals surface area contributed by atoms with E-state index in [0.29, 0.717) is 0 Å². The average molecular weight is 163 g/mol. The molecule has 0 spiro atoms. The van der Waals surface area contributed by atoms with E-state index < -0.39 is 9.92 Å². The van der Waals surface area contributed by atoms with Crippen molar-refractivity contribution >= 4 is 21.3 Å². The van der Waals surface area contributed by atoms with Crippen LogP contribution in [0, 0.1) is 4.78 Å². The Balaban J connectivity index is 3.20. The van der Waals surface area contributed by atoms with Gasteiger partial charge >= 0.3 is 0 Å². The van der Waals surface area contributed by atoms with E-state index in [1.165, 1.54) is 6.20 Å². The summed E-state index contributed by atoms with van der Waals surface area (Å²) in [4.78, 5) is 3.62. The molecule has 9 heavy (non-hydrogen) atoms. The lowest BCUT2D eigenvalue weighted by atomic mass is 11.0. The maximum Gasteiger partial charge on any atom is 0.203 e. The van der Waals surface area contributed by atoms with Gasteiger partial charge in [-0.1, -0.05) is 0 Å². The second-order valence-electron chi connectivity index (χ2n) is 1.40. The van der Waals surface area contributed by atoms with E-state index in [1.54, 1.807) is 5.38 Å². The van der Waals surface area contributed by atoms with Crippen molar-refractivity contribution in [3.8, 4) is 0 Å². The second kappa shape index (κ2) is 2.05.